The van der Waals surface area contributed by atoms with Crippen LogP contribution in [-0.2, 0) is 0 Å². The van der Waals surface area contributed by atoms with Gasteiger partial charge < -0.3 is 11.1 Å². The van der Waals surface area contributed by atoms with Crippen molar-refractivity contribution in [1.29, 1.82) is 0 Å². The highest BCUT2D eigenvalue weighted by molar-refractivity contribution is 7.09. The normalized spacial score (nSPS) is 19.5. The smallest absolute Gasteiger partial charge is 0.270 e. The van der Waals surface area contributed by atoms with Crippen LogP contribution >= 0.6 is 11.3 Å². The summed E-state index contributed by atoms with van der Waals surface area (Å²) in [6, 6.07) is 0.209. The van der Waals surface area contributed by atoms with E-state index in [4.69, 9.17) is 5.73 Å². The molecule has 1 saturated carbocycles. The van der Waals surface area contributed by atoms with E-state index in [2.05, 4.69) is 10.3 Å². The molecule has 5 heteroatoms. The standard InChI is InChI=1S/C14H23N3OS/c1-10(15)14-17-12(9-19-14)13(18)16-11-7-5-3-2-4-6-8-11/h9-11H,2-8,15H2,1H3,(H,16,18). The summed E-state index contributed by atoms with van der Waals surface area (Å²) in [5.41, 5.74) is 6.28. The third kappa shape index (κ3) is 4.28. The molecule has 4 nitrogen and oxygen atoms in total. The summed E-state index contributed by atoms with van der Waals surface area (Å²) in [5.74, 6) is -0.0475. The monoisotopic (exact) mass is 281 g/mol. The number of nitrogens with one attached hydrogen (secondary N) is 1. The zero-order chi connectivity index (χ0) is 13.7. The van der Waals surface area contributed by atoms with Gasteiger partial charge in [0.25, 0.3) is 5.91 Å². The van der Waals surface area contributed by atoms with Crippen LogP contribution in [-0.4, -0.2) is 16.9 Å². The fourth-order valence-electron chi connectivity index (χ4n) is 2.46. The topological polar surface area (TPSA) is 68.0 Å². The number of carbonyl (C=O) groups is 1. The van der Waals surface area contributed by atoms with Gasteiger partial charge in [0, 0.05) is 11.4 Å². The van der Waals surface area contributed by atoms with E-state index in [-0.39, 0.29) is 11.9 Å². The first-order chi connectivity index (χ1) is 9.16. The number of nitrogens with zero attached hydrogens (tertiary/aromatic N) is 1. The van der Waals surface area contributed by atoms with Crippen LogP contribution in [0.4, 0.5) is 0 Å². The molecule has 0 saturated heterocycles. The van der Waals surface area contributed by atoms with Crippen LogP contribution in [0.15, 0.2) is 5.38 Å². The number of thiazole rings is 1. The molecule has 1 aromatic rings. The van der Waals surface area contributed by atoms with Crippen LogP contribution in [0.25, 0.3) is 0 Å². The van der Waals surface area contributed by atoms with Gasteiger partial charge in [-0.1, -0.05) is 32.1 Å². The molecule has 1 aliphatic carbocycles. The summed E-state index contributed by atoms with van der Waals surface area (Å²) in [7, 11) is 0. The third-order valence-electron chi connectivity index (χ3n) is 3.58. The summed E-state index contributed by atoms with van der Waals surface area (Å²) in [6.45, 7) is 1.88. The van der Waals surface area contributed by atoms with Gasteiger partial charge in [-0.2, -0.15) is 0 Å². The van der Waals surface area contributed by atoms with Gasteiger partial charge in [0.15, 0.2) is 0 Å². The number of nitrogens with two attached hydrogens (primary N) is 1. The van der Waals surface area contributed by atoms with Crippen molar-refractivity contribution in [3.05, 3.63) is 16.1 Å². The van der Waals surface area contributed by atoms with Crippen molar-refractivity contribution in [2.45, 2.75) is 64.0 Å². The highest BCUT2D eigenvalue weighted by atomic mass is 32.1. The molecular weight excluding hydrogens is 258 g/mol. The molecule has 1 aromatic heterocycles. The minimum atomic E-state index is -0.104. The lowest BCUT2D eigenvalue weighted by Crippen LogP contribution is -2.35. The summed E-state index contributed by atoms with van der Waals surface area (Å²) in [4.78, 5) is 16.4. The molecule has 0 radical (unpaired) electrons. The second kappa shape index (κ2) is 7.01. The van der Waals surface area contributed by atoms with E-state index < -0.39 is 0 Å². The van der Waals surface area contributed by atoms with Crippen molar-refractivity contribution in [2.24, 2.45) is 5.73 Å². The van der Waals surface area contributed by atoms with E-state index in [9.17, 15) is 4.79 Å². The minimum absolute atomic E-state index is 0.0475. The van der Waals surface area contributed by atoms with Crippen molar-refractivity contribution in [1.82, 2.24) is 10.3 Å². The lowest BCUT2D eigenvalue weighted by molar-refractivity contribution is 0.0926. The Kier molecular flexibility index (Phi) is 5.34. The maximum atomic E-state index is 12.1. The Hall–Kier alpha value is -0.940. The molecule has 19 heavy (non-hydrogen) atoms. The predicted molar refractivity (Wildman–Crippen MR) is 78.3 cm³/mol. The molecular formula is C14H23N3OS. The van der Waals surface area contributed by atoms with Crippen molar-refractivity contribution in [3.63, 3.8) is 0 Å². The molecule has 3 N–H and O–H groups in total. The zero-order valence-electron chi connectivity index (χ0n) is 11.5. The Balaban J connectivity index is 1.91. The average Bonchev–Trinajstić information content (AvgIpc) is 2.82. The first kappa shape index (κ1) is 14.5. The van der Waals surface area contributed by atoms with Crippen LogP contribution in [0.1, 0.15) is 73.4 Å². The predicted octanol–water partition coefficient (Wildman–Crippen LogP) is 3.01. The van der Waals surface area contributed by atoms with E-state index in [1.807, 2.05) is 6.92 Å². The Morgan fingerprint density at radius 3 is 2.58 bits per heavy atom. The molecule has 1 aliphatic rings. The van der Waals surface area contributed by atoms with Crippen molar-refractivity contribution < 1.29 is 4.79 Å². The average molecular weight is 281 g/mol. The fraction of sp³-hybridized carbons (Fsp3) is 0.714. The molecule has 1 atom stereocenters. The number of amides is 1. The molecule has 1 amide bonds. The first-order valence-corrected chi connectivity index (χ1v) is 8.06. The SMILES string of the molecule is CC(N)c1nc(C(=O)NC2CCCCCCC2)cs1. The maximum Gasteiger partial charge on any atom is 0.270 e. The number of carbonyl (C=O) groups excluding carboxylic acids is 1. The van der Waals surface area contributed by atoms with Gasteiger partial charge in [-0.3, -0.25) is 4.79 Å². The fourth-order valence-corrected chi connectivity index (χ4v) is 3.22. The highest BCUT2D eigenvalue weighted by Crippen LogP contribution is 2.19. The van der Waals surface area contributed by atoms with Gasteiger partial charge in [-0.25, -0.2) is 4.98 Å². The molecule has 0 aromatic carbocycles. The summed E-state index contributed by atoms with van der Waals surface area (Å²) in [6.07, 6.45) is 8.53. The Morgan fingerprint density at radius 2 is 2.00 bits per heavy atom. The summed E-state index contributed by atoms with van der Waals surface area (Å²) >= 11 is 1.46. The molecule has 1 heterocycles. The van der Waals surface area contributed by atoms with Gasteiger partial charge in [0.05, 0.1) is 6.04 Å². The van der Waals surface area contributed by atoms with Gasteiger partial charge in [0.1, 0.15) is 10.7 Å². The minimum Gasteiger partial charge on any atom is -0.348 e. The lowest BCUT2D eigenvalue weighted by Gasteiger charge is -2.20. The van der Waals surface area contributed by atoms with Gasteiger partial charge in [-0.05, 0) is 19.8 Å². The van der Waals surface area contributed by atoms with Gasteiger partial charge in [0.2, 0.25) is 0 Å². The van der Waals surface area contributed by atoms with Crippen LogP contribution < -0.4 is 11.1 Å². The number of rotatable bonds is 3. The van der Waals surface area contributed by atoms with E-state index in [1.54, 1.807) is 5.38 Å². The van der Waals surface area contributed by atoms with Crippen molar-refractivity contribution in [3.8, 4) is 0 Å². The Bertz CT molecular complexity index is 409. The quantitative estimate of drug-likeness (QED) is 0.895. The number of hydrogen-bond donors (Lipinski definition) is 2. The molecule has 0 spiro atoms. The van der Waals surface area contributed by atoms with Crippen molar-refractivity contribution in [2.75, 3.05) is 0 Å². The highest BCUT2D eigenvalue weighted by Gasteiger charge is 2.17. The van der Waals surface area contributed by atoms with Gasteiger partial charge >= 0.3 is 0 Å². The van der Waals surface area contributed by atoms with Crippen LogP contribution in [0.3, 0.4) is 0 Å². The van der Waals surface area contributed by atoms with Crippen LogP contribution in [0.2, 0.25) is 0 Å². The van der Waals surface area contributed by atoms with Crippen LogP contribution in [0, 0.1) is 0 Å². The molecule has 0 aliphatic heterocycles. The molecule has 0 bridgehead atoms. The van der Waals surface area contributed by atoms with E-state index in [0.717, 1.165) is 17.8 Å². The zero-order valence-corrected chi connectivity index (χ0v) is 12.3. The second-order valence-corrected chi connectivity index (χ2v) is 6.26. The maximum absolute atomic E-state index is 12.1. The third-order valence-corrected chi connectivity index (χ3v) is 4.63. The van der Waals surface area contributed by atoms with E-state index >= 15 is 0 Å². The lowest BCUT2D eigenvalue weighted by atomic mass is 9.97. The van der Waals surface area contributed by atoms with E-state index in [1.165, 1.54) is 43.4 Å². The molecule has 2 rings (SSSR count). The Morgan fingerprint density at radius 1 is 1.37 bits per heavy atom. The molecule has 1 fully saturated rings. The summed E-state index contributed by atoms with van der Waals surface area (Å²) < 4.78 is 0. The number of aromatic nitrogens is 1. The second-order valence-electron chi connectivity index (χ2n) is 5.38. The largest absolute Gasteiger partial charge is 0.348 e. The molecule has 1 unspecified atom stereocenters. The first-order valence-electron chi connectivity index (χ1n) is 7.18. The van der Waals surface area contributed by atoms with Crippen LogP contribution in [0.5, 0.6) is 0 Å². The Labute approximate surface area is 118 Å². The number of hydrogen-bond acceptors (Lipinski definition) is 4. The van der Waals surface area contributed by atoms with E-state index in [0.29, 0.717) is 11.7 Å². The summed E-state index contributed by atoms with van der Waals surface area (Å²) in [5, 5.41) is 5.74. The van der Waals surface area contributed by atoms with Crippen molar-refractivity contribution >= 4 is 17.2 Å². The van der Waals surface area contributed by atoms with Gasteiger partial charge in [-0.15, -0.1) is 11.3 Å². The molecule has 106 valence electrons.